The highest BCUT2D eigenvalue weighted by molar-refractivity contribution is 5.96. The fourth-order valence-electron chi connectivity index (χ4n) is 2.64. The van der Waals surface area contributed by atoms with Crippen LogP contribution in [0.15, 0.2) is 47.3 Å². The molecule has 0 saturated heterocycles. The molecule has 0 atom stereocenters. The van der Waals surface area contributed by atoms with Crippen LogP contribution in [0.3, 0.4) is 0 Å². The topological polar surface area (TPSA) is 123 Å². The summed E-state index contributed by atoms with van der Waals surface area (Å²) in [5.41, 5.74) is 1.62. The van der Waals surface area contributed by atoms with Gasteiger partial charge in [0.15, 0.2) is 18.1 Å². The Labute approximate surface area is 173 Å². The van der Waals surface area contributed by atoms with Crippen LogP contribution in [-0.4, -0.2) is 42.2 Å². The first-order valence-corrected chi connectivity index (χ1v) is 8.83. The van der Waals surface area contributed by atoms with Crippen LogP contribution in [0, 0.1) is 0 Å². The molecule has 9 nitrogen and oxygen atoms in total. The molecule has 31 heavy (non-hydrogen) atoms. The van der Waals surface area contributed by atoms with Gasteiger partial charge in [0.05, 0.1) is 18.1 Å². The molecule has 2 aromatic carbocycles. The predicted molar refractivity (Wildman–Crippen MR) is 107 cm³/mol. The Morgan fingerprint density at radius 3 is 2.61 bits per heavy atom. The minimum absolute atomic E-state index is 0.0657. The van der Waals surface area contributed by atoms with E-state index in [9.17, 15) is 23.2 Å². The number of carbonyl (C=O) groups is 2. The summed E-state index contributed by atoms with van der Waals surface area (Å²) < 4.78 is 38.9. The van der Waals surface area contributed by atoms with E-state index in [4.69, 9.17) is 9.47 Å². The highest BCUT2D eigenvalue weighted by atomic mass is 19.3. The van der Waals surface area contributed by atoms with E-state index >= 15 is 0 Å². The fraction of sp³-hybridized carbons (Fsp3) is 0.150. The molecule has 1 amide bonds. The molecule has 3 aromatic rings. The Kier molecular flexibility index (Phi) is 6.65. The summed E-state index contributed by atoms with van der Waals surface area (Å²) in [6.45, 7) is -3.53. The van der Waals surface area contributed by atoms with E-state index in [2.05, 4.69) is 20.0 Å². The van der Waals surface area contributed by atoms with Gasteiger partial charge in [0, 0.05) is 11.8 Å². The second kappa shape index (κ2) is 9.57. The molecule has 0 aliphatic heterocycles. The van der Waals surface area contributed by atoms with Crippen LogP contribution in [0.25, 0.3) is 17.1 Å². The number of methoxy groups -OCH3 is 1. The first-order valence-electron chi connectivity index (χ1n) is 8.83. The summed E-state index contributed by atoms with van der Waals surface area (Å²) in [5, 5.41) is 2.54. The minimum atomic E-state index is -3.00. The van der Waals surface area contributed by atoms with Crippen LogP contribution in [0.1, 0.15) is 5.56 Å². The highest BCUT2D eigenvalue weighted by Gasteiger charge is 2.11. The summed E-state index contributed by atoms with van der Waals surface area (Å²) in [6, 6.07) is 8.87. The molecule has 0 radical (unpaired) electrons. The molecule has 0 aliphatic rings. The summed E-state index contributed by atoms with van der Waals surface area (Å²) in [5.74, 6) is -1.44. The number of amides is 1. The molecule has 0 aliphatic carbocycles. The summed E-state index contributed by atoms with van der Waals surface area (Å²) in [6.07, 6.45) is 2.44. The van der Waals surface area contributed by atoms with Crippen molar-refractivity contribution in [2.45, 2.75) is 6.61 Å². The van der Waals surface area contributed by atoms with Crippen LogP contribution >= 0.6 is 0 Å². The molecule has 162 valence electrons. The highest BCUT2D eigenvalue weighted by Crippen LogP contribution is 2.29. The SMILES string of the molecule is COc1cc(/C=C/C(=O)OCC(=O)Nc2ccc3[nH]c(=O)[nH]c3c2)ccc1OC(F)F. The molecule has 0 bridgehead atoms. The zero-order chi connectivity index (χ0) is 22.4. The van der Waals surface area contributed by atoms with Gasteiger partial charge < -0.3 is 29.5 Å². The third-order valence-electron chi connectivity index (χ3n) is 3.96. The van der Waals surface area contributed by atoms with Crippen molar-refractivity contribution in [3.8, 4) is 11.5 Å². The molecule has 0 spiro atoms. The number of halogens is 2. The number of fused-ring (bicyclic) bond motifs is 1. The number of anilines is 1. The Balaban J connectivity index is 1.53. The van der Waals surface area contributed by atoms with Gasteiger partial charge in [-0.25, -0.2) is 9.59 Å². The number of alkyl halides is 2. The van der Waals surface area contributed by atoms with Gasteiger partial charge in [-0.05, 0) is 42.0 Å². The van der Waals surface area contributed by atoms with Crippen LogP contribution in [0.2, 0.25) is 0 Å². The first-order chi connectivity index (χ1) is 14.8. The molecule has 3 N–H and O–H groups in total. The van der Waals surface area contributed by atoms with Gasteiger partial charge >= 0.3 is 18.3 Å². The number of hydrogen-bond donors (Lipinski definition) is 3. The Morgan fingerprint density at radius 1 is 1.10 bits per heavy atom. The van der Waals surface area contributed by atoms with E-state index in [1.807, 2.05) is 0 Å². The van der Waals surface area contributed by atoms with E-state index in [0.717, 1.165) is 6.08 Å². The maximum atomic E-state index is 12.3. The van der Waals surface area contributed by atoms with Crippen LogP contribution < -0.4 is 20.5 Å². The van der Waals surface area contributed by atoms with Gasteiger partial charge in [0.1, 0.15) is 0 Å². The van der Waals surface area contributed by atoms with E-state index in [1.54, 1.807) is 18.2 Å². The molecular weight excluding hydrogens is 416 g/mol. The van der Waals surface area contributed by atoms with Crippen molar-refractivity contribution in [1.29, 1.82) is 0 Å². The third-order valence-corrected chi connectivity index (χ3v) is 3.96. The quantitative estimate of drug-likeness (QED) is 0.371. The van der Waals surface area contributed by atoms with Crippen molar-refractivity contribution in [3.05, 3.63) is 58.5 Å². The van der Waals surface area contributed by atoms with E-state index in [0.29, 0.717) is 22.3 Å². The number of H-pyrrole nitrogens is 2. The van der Waals surface area contributed by atoms with Crippen molar-refractivity contribution in [2.24, 2.45) is 0 Å². The van der Waals surface area contributed by atoms with Crippen molar-refractivity contribution < 1.29 is 32.6 Å². The van der Waals surface area contributed by atoms with Gasteiger partial charge in [-0.1, -0.05) is 6.07 Å². The lowest BCUT2D eigenvalue weighted by molar-refractivity contribution is -0.142. The third kappa shape index (κ3) is 5.92. The van der Waals surface area contributed by atoms with Crippen LogP contribution in [-0.2, 0) is 14.3 Å². The number of rotatable bonds is 8. The second-order valence-corrected chi connectivity index (χ2v) is 6.12. The van der Waals surface area contributed by atoms with Crippen molar-refractivity contribution in [1.82, 2.24) is 9.97 Å². The minimum Gasteiger partial charge on any atom is -0.493 e. The van der Waals surface area contributed by atoms with Crippen LogP contribution in [0.5, 0.6) is 11.5 Å². The van der Waals surface area contributed by atoms with Gasteiger partial charge in [-0.15, -0.1) is 0 Å². The zero-order valence-electron chi connectivity index (χ0n) is 16.1. The number of nitrogens with one attached hydrogen (secondary N) is 3. The van der Waals surface area contributed by atoms with Crippen LogP contribution in [0.4, 0.5) is 14.5 Å². The Morgan fingerprint density at radius 2 is 1.87 bits per heavy atom. The molecular formula is C20H17F2N3O6. The molecule has 1 aromatic heterocycles. The van der Waals surface area contributed by atoms with Gasteiger partial charge in [0.25, 0.3) is 5.91 Å². The van der Waals surface area contributed by atoms with E-state index in [-0.39, 0.29) is 17.2 Å². The van der Waals surface area contributed by atoms with E-state index < -0.39 is 25.1 Å². The lowest BCUT2D eigenvalue weighted by atomic mass is 10.2. The number of ether oxygens (including phenoxy) is 3. The summed E-state index contributed by atoms with van der Waals surface area (Å²) in [7, 11) is 1.29. The first kappa shape index (κ1) is 21.6. The number of aromatic amines is 2. The number of imidazole rings is 1. The number of aromatic nitrogens is 2. The van der Waals surface area contributed by atoms with Gasteiger partial charge in [-0.2, -0.15) is 8.78 Å². The number of benzene rings is 2. The maximum Gasteiger partial charge on any atom is 0.387 e. The Bertz CT molecular complexity index is 1190. The smallest absolute Gasteiger partial charge is 0.387 e. The molecule has 11 heteroatoms. The summed E-state index contributed by atoms with van der Waals surface area (Å²) >= 11 is 0. The Hall–Kier alpha value is -4.15. The lowest BCUT2D eigenvalue weighted by Gasteiger charge is -2.10. The molecule has 0 unspecified atom stereocenters. The normalized spacial score (nSPS) is 11.1. The van der Waals surface area contributed by atoms with Gasteiger partial charge in [0.2, 0.25) is 0 Å². The van der Waals surface area contributed by atoms with Crippen molar-refractivity contribution in [2.75, 3.05) is 19.0 Å². The average Bonchev–Trinajstić information content (AvgIpc) is 3.10. The maximum absolute atomic E-state index is 12.3. The number of hydrogen-bond acceptors (Lipinski definition) is 6. The van der Waals surface area contributed by atoms with E-state index in [1.165, 1.54) is 31.4 Å². The summed E-state index contributed by atoms with van der Waals surface area (Å²) in [4.78, 5) is 40.2. The lowest BCUT2D eigenvalue weighted by Crippen LogP contribution is -2.20. The molecule has 3 rings (SSSR count). The van der Waals surface area contributed by atoms with Gasteiger partial charge in [-0.3, -0.25) is 4.79 Å². The average molecular weight is 433 g/mol. The molecule has 1 heterocycles. The number of esters is 1. The zero-order valence-corrected chi connectivity index (χ0v) is 16.1. The molecule has 0 fully saturated rings. The standard InChI is InChI=1S/C20H17F2N3O6/c1-29-16-8-11(2-6-15(16)31-19(21)22)3-7-18(27)30-10-17(26)23-12-4-5-13-14(9-12)25-20(28)24-13/h2-9,19H,10H2,1H3,(H,23,26)(H2,24,25,28)/b7-3+. The van der Waals surface area contributed by atoms with Crippen molar-refractivity contribution >= 4 is 34.7 Å². The monoisotopic (exact) mass is 433 g/mol. The predicted octanol–water partition coefficient (Wildman–Crippen LogP) is 2.66. The largest absolute Gasteiger partial charge is 0.493 e. The molecule has 0 saturated carbocycles. The second-order valence-electron chi connectivity index (χ2n) is 6.12. The van der Waals surface area contributed by atoms with Crippen molar-refractivity contribution in [3.63, 3.8) is 0 Å². The number of carbonyl (C=O) groups excluding carboxylic acids is 2. The fourth-order valence-corrected chi connectivity index (χ4v) is 2.64.